The maximum atomic E-state index is 3.27. The molecular weight excluding hydrogens is 164 g/mol. The van der Waals surface area contributed by atoms with Gasteiger partial charge in [-0.05, 0) is 13.8 Å². The molecule has 0 aromatic rings. The van der Waals surface area contributed by atoms with Crippen molar-refractivity contribution in [2.45, 2.75) is 13.8 Å². The molecule has 0 aromatic heterocycles. The molecule has 0 saturated heterocycles. The van der Waals surface area contributed by atoms with E-state index in [4.69, 9.17) is 0 Å². The van der Waals surface area contributed by atoms with Gasteiger partial charge in [-0.1, -0.05) is 27.6 Å². The van der Waals surface area contributed by atoms with Gasteiger partial charge in [0.15, 0.2) is 0 Å². The molecule has 40 valence electrons. The summed E-state index contributed by atoms with van der Waals surface area (Å²) in [7, 11) is 0. The van der Waals surface area contributed by atoms with Crippen LogP contribution < -0.4 is 0 Å². The molecule has 0 radical (unpaired) electrons. The molecule has 0 heterocycles. The zero-order valence-corrected chi connectivity index (χ0v) is 7.87. The molecule has 0 aliphatic rings. The summed E-state index contributed by atoms with van der Waals surface area (Å²) in [5, 5.41) is 0.981. The predicted octanol–water partition coefficient (Wildman–Crippen LogP) is 2.19. The van der Waals surface area contributed by atoms with Gasteiger partial charge in [-0.15, -0.1) is 0 Å². The fourth-order valence-corrected chi connectivity index (χ4v) is 0.802. The SMILES string of the molecule is CC(C)=CCBr.[H-].[H-].[Mg+2]. The maximum Gasteiger partial charge on any atom is 2.00 e. The van der Waals surface area contributed by atoms with Gasteiger partial charge in [0, 0.05) is 5.33 Å². The van der Waals surface area contributed by atoms with Crippen LogP contribution in [0.5, 0.6) is 0 Å². The molecule has 0 unspecified atom stereocenters. The van der Waals surface area contributed by atoms with Gasteiger partial charge in [0.05, 0.1) is 0 Å². The van der Waals surface area contributed by atoms with Crippen molar-refractivity contribution in [2.24, 2.45) is 0 Å². The van der Waals surface area contributed by atoms with E-state index in [1.165, 1.54) is 5.57 Å². The Hall–Kier alpha value is 0.986. The quantitative estimate of drug-likeness (QED) is 0.325. The van der Waals surface area contributed by atoms with Gasteiger partial charge in [-0.25, -0.2) is 0 Å². The summed E-state index contributed by atoms with van der Waals surface area (Å²) in [6.07, 6.45) is 2.12. The van der Waals surface area contributed by atoms with Crippen LogP contribution in [-0.2, 0) is 0 Å². The van der Waals surface area contributed by atoms with Gasteiger partial charge in [0.2, 0.25) is 0 Å². The molecule has 0 atom stereocenters. The van der Waals surface area contributed by atoms with Crippen LogP contribution in [0.2, 0.25) is 0 Å². The summed E-state index contributed by atoms with van der Waals surface area (Å²) in [5.74, 6) is 0. The molecule has 2 heteroatoms. The molecule has 0 saturated carbocycles. The van der Waals surface area contributed by atoms with Crippen molar-refractivity contribution in [3.8, 4) is 0 Å². The second-order valence-corrected chi connectivity index (χ2v) is 2.08. The van der Waals surface area contributed by atoms with E-state index in [1.807, 2.05) is 0 Å². The smallest absolute Gasteiger partial charge is 1.00 e. The summed E-state index contributed by atoms with van der Waals surface area (Å²) in [4.78, 5) is 0. The first kappa shape index (κ1) is 10.9. The van der Waals surface area contributed by atoms with Gasteiger partial charge in [-0.2, -0.15) is 0 Å². The molecule has 0 N–H and O–H groups in total. The fraction of sp³-hybridized carbons (Fsp3) is 0.600. The first-order chi connectivity index (χ1) is 2.77. The van der Waals surface area contributed by atoms with Crippen LogP contribution in [0.25, 0.3) is 0 Å². The van der Waals surface area contributed by atoms with Crippen LogP contribution in [-0.4, -0.2) is 28.4 Å². The van der Waals surface area contributed by atoms with Gasteiger partial charge in [-0.3, -0.25) is 0 Å². The molecule has 0 fully saturated rings. The van der Waals surface area contributed by atoms with E-state index < -0.39 is 0 Å². The third kappa shape index (κ3) is 10.9. The van der Waals surface area contributed by atoms with Gasteiger partial charge >= 0.3 is 23.1 Å². The molecule has 0 aliphatic heterocycles. The van der Waals surface area contributed by atoms with Crippen molar-refractivity contribution in [3.63, 3.8) is 0 Å². The standard InChI is InChI=1S/C5H9Br.Mg.2H/c1-5(2)3-4-6;;;/h3H,4H2,1-2H3;;;/q;+2;2*-1. The minimum atomic E-state index is 0. The third-order valence-electron chi connectivity index (χ3n) is 0.485. The topological polar surface area (TPSA) is 0 Å². The van der Waals surface area contributed by atoms with Crippen LogP contribution in [0, 0.1) is 0 Å². The molecule has 0 aliphatic carbocycles. The Kier molecular flexibility index (Phi) is 10.9. The monoisotopic (exact) mass is 174 g/mol. The van der Waals surface area contributed by atoms with Crippen molar-refractivity contribution < 1.29 is 2.85 Å². The second-order valence-electron chi connectivity index (χ2n) is 1.44. The third-order valence-corrected chi connectivity index (χ3v) is 0.809. The first-order valence-electron chi connectivity index (χ1n) is 1.96. The Balaban J connectivity index is -0.0000000417. The number of halogens is 1. The first-order valence-corrected chi connectivity index (χ1v) is 3.09. The molecular formula is C5H11BrMg. The van der Waals surface area contributed by atoms with E-state index in [9.17, 15) is 0 Å². The van der Waals surface area contributed by atoms with Gasteiger partial charge < -0.3 is 2.85 Å². The van der Waals surface area contributed by atoms with Crippen molar-refractivity contribution in [3.05, 3.63) is 11.6 Å². The molecule has 0 spiro atoms. The average Bonchev–Trinajstić information content (AvgIpc) is 1.35. The van der Waals surface area contributed by atoms with E-state index in [-0.39, 0.29) is 25.9 Å². The summed E-state index contributed by atoms with van der Waals surface area (Å²) >= 11 is 3.27. The number of alkyl halides is 1. The van der Waals surface area contributed by atoms with Crippen LogP contribution in [0.3, 0.4) is 0 Å². The van der Waals surface area contributed by atoms with Gasteiger partial charge in [0.1, 0.15) is 0 Å². The van der Waals surface area contributed by atoms with E-state index in [0.29, 0.717) is 0 Å². The van der Waals surface area contributed by atoms with E-state index in [2.05, 4.69) is 35.9 Å². The molecule has 0 rings (SSSR count). The Morgan fingerprint density at radius 2 is 2.14 bits per heavy atom. The minimum Gasteiger partial charge on any atom is -1.00 e. The Morgan fingerprint density at radius 1 is 1.71 bits per heavy atom. The fourth-order valence-electron chi connectivity index (χ4n) is 0.154. The Labute approximate surface area is 72.6 Å². The van der Waals surface area contributed by atoms with E-state index >= 15 is 0 Å². The number of hydrogen-bond donors (Lipinski definition) is 0. The van der Waals surface area contributed by atoms with Crippen molar-refractivity contribution in [2.75, 3.05) is 5.33 Å². The zero-order valence-electron chi connectivity index (χ0n) is 6.87. The molecule has 0 aromatic carbocycles. The molecule has 7 heavy (non-hydrogen) atoms. The molecule has 0 amide bonds. The molecule has 0 nitrogen and oxygen atoms in total. The van der Waals surface area contributed by atoms with Crippen molar-refractivity contribution in [1.29, 1.82) is 0 Å². The summed E-state index contributed by atoms with van der Waals surface area (Å²) in [6.45, 7) is 4.17. The van der Waals surface area contributed by atoms with Crippen LogP contribution in [0.1, 0.15) is 16.7 Å². The Morgan fingerprint density at radius 3 is 2.14 bits per heavy atom. The summed E-state index contributed by atoms with van der Waals surface area (Å²) < 4.78 is 0. The maximum absolute atomic E-state index is 3.27. The molecule has 0 bridgehead atoms. The van der Waals surface area contributed by atoms with Crippen molar-refractivity contribution >= 4 is 39.0 Å². The van der Waals surface area contributed by atoms with E-state index in [1.54, 1.807) is 0 Å². The zero-order chi connectivity index (χ0) is 4.99. The predicted molar refractivity (Wildman–Crippen MR) is 41.2 cm³/mol. The number of rotatable bonds is 1. The number of hydrogen-bond acceptors (Lipinski definition) is 0. The van der Waals surface area contributed by atoms with Crippen LogP contribution in [0.4, 0.5) is 0 Å². The summed E-state index contributed by atoms with van der Waals surface area (Å²) in [6, 6.07) is 0. The van der Waals surface area contributed by atoms with Crippen molar-refractivity contribution in [1.82, 2.24) is 0 Å². The van der Waals surface area contributed by atoms with E-state index in [0.717, 1.165) is 5.33 Å². The van der Waals surface area contributed by atoms with Crippen LogP contribution >= 0.6 is 15.9 Å². The van der Waals surface area contributed by atoms with Crippen LogP contribution in [0.15, 0.2) is 11.6 Å². The number of allylic oxidation sites excluding steroid dienone is 2. The summed E-state index contributed by atoms with van der Waals surface area (Å²) in [5.41, 5.74) is 1.37. The second kappa shape index (κ2) is 6.99. The minimum absolute atomic E-state index is 0. The van der Waals surface area contributed by atoms with Gasteiger partial charge in [0.25, 0.3) is 0 Å². The largest absolute Gasteiger partial charge is 2.00 e. The average molecular weight is 175 g/mol. The Bertz CT molecular complexity index is 62.0. The normalized spacial score (nSPS) is 6.71.